The van der Waals surface area contributed by atoms with Crippen LogP contribution in [-0.4, -0.2) is 23.1 Å². The van der Waals surface area contributed by atoms with Crippen LogP contribution >= 0.6 is 27.6 Å². The van der Waals surface area contributed by atoms with Crippen LogP contribution in [0.5, 0.6) is 0 Å². The Bertz CT molecular complexity index is 11.6. The zero-order valence-electron chi connectivity index (χ0n) is 2.83. The molecule has 0 aromatic carbocycles. The van der Waals surface area contributed by atoms with E-state index in [1.165, 1.54) is 7.05 Å². The van der Waals surface area contributed by atoms with Crippen LogP contribution < -0.4 is 5.73 Å². The molecule has 30 valence electrons. The van der Waals surface area contributed by atoms with Crippen molar-refractivity contribution in [2.45, 2.75) is 0 Å². The molecule has 0 bridgehead atoms. The standard InChI is InChI=1S/CH5N.ClH.HI.Sn/c1-2;;;/h2H2,1H3;2*1H;/q;;;+4/p-2. The summed E-state index contributed by atoms with van der Waals surface area (Å²) < 4.78 is 0. The van der Waals surface area contributed by atoms with Gasteiger partial charge in [-0.2, -0.15) is 0 Å². The van der Waals surface area contributed by atoms with Crippen LogP contribution in [0.2, 0.25) is 0 Å². The van der Waals surface area contributed by atoms with Gasteiger partial charge in [-0.15, -0.1) is 0 Å². The van der Waals surface area contributed by atoms with Crippen LogP contribution in [0.15, 0.2) is 0 Å². The molecule has 0 atom stereocenters. The van der Waals surface area contributed by atoms with E-state index in [9.17, 15) is 0 Å². The Kier molecular flexibility index (Phi) is 33.9. The maximum atomic E-state index is 5.16. The second-order valence-corrected chi connectivity index (χ2v) is 9.64. The Balaban J connectivity index is 0. The molecule has 0 heterocycles. The summed E-state index contributed by atoms with van der Waals surface area (Å²) in [6.45, 7) is 0. The van der Waals surface area contributed by atoms with Crippen molar-refractivity contribution >= 4 is 43.6 Å². The van der Waals surface area contributed by atoms with Crippen LogP contribution in [0.4, 0.5) is 0 Å². The molecule has 0 aromatic heterocycles. The fourth-order valence-electron chi connectivity index (χ4n) is 0. The van der Waals surface area contributed by atoms with Crippen LogP contribution in [0.25, 0.3) is 0 Å². The number of hydrogen-bond donors (Lipinski definition) is 1. The summed E-state index contributed by atoms with van der Waals surface area (Å²) >= 11 is 1.90. The molecular weight excluding hydrogens is 307 g/mol. The summed E-state index contributed by atoms with van der Waals surface area (Å²) in [7, 11) is 6.66. The summed E-state index contributed by atoms with van der Waals surface area (Å²) in [6.07, 6.45) is 0. The molecule has 2 N–H and O–H groups in total. The monoisotopic (exact) mass is 313 g/mol. The van der Waals surface area contributed by atoms with Gasteiger partial charge < -0.3 is 5.73 Å². The van der Waals surface area contributed by atoms with E-state index in [0.717, 1.165) is 0 Å². The summed E-state index contributed by atoms with van der Waals surface area (Å²) in [4.78, 5) is 0. The second kappa shape index (κ2) is 17.1. The first-order valence-corrected chi connectivity index (χ1v) is 12.9. The summed E-state index contributed by atoms with van der Waals surface area (Å²) in [5.74, 6) is 0. The van der Waals surface area contributed by atoms with Gasteiger partial charge in [0.15, 0.2) is 0 Å². The van der Waals surface area contributed by atoms with Gasteiger partial charge in [0.05, 0.1) is 0 Å². The van der Waals surface area contributed by atoms with Crippen molar-refractivity contribution in [2.24, 2.45) is 5.73 Å². The molecule has 0 aliphatic rings. The van der Waals surface area contributed by atoms with Gasteiger partial charge in [0.25, 0.3) is 0 Å². The first-order valence-electron chi connectivity index (χ1n) is 0.955. The molecule has 0 amide bonds. The summed E-state index contributed by atoms with van der Waals surface area (Å²) in [5, 5.41) is 0. The van der Waals surface area contributed by atoms with E-state index in [2.05, 4.69) is 24.4 Å². The van der Waals surface area contributed by atoms with Gasteiger partial charge in [0.2, 0.25) is 0 Å². The third kappa shape index (κ3) is 26.1. The van der Waals surface area contributed by atoms with Gasteiger partial charge in [0.1, 0.15) is 0 Å². The van der Waals surface area contributed by atoms with Gasteiger partial charge in [-0.1, -0.05) is 0 Å². The molecule has 1 nitrogen and oxygen atoms in total. The average Bonchev–Trinajstić information content (AvgIpc) is 1.46. The van der Waals surface area contributed by atoms with E-state index < -0.39 is 0 Å². The zero-order valence-corrected chi connectivity index (χ0v) is 8.60. The Hall–Kier alpha value is 1.78. The zero-order chi connectivity index (χ0) is 4.71. The molecule has 0 fully saturated rings. The molecular formula is CH5ClINSn+2. The van der Waals surface area contributed by atoms with Crippen molar-refractivity contribution in [1.29, 1.82) is 0 Å². The predicted octanol–water partition coefficient (Wildman–Crippen LogP) is 0.769. The quantitative estimate of drug-likeness (QED) is 0.519. The van der Waals surface area contributed by atoms with Crippen molar-refractivity contribution in [3.63, 3.8) is 0 Å². The first-order chi connectivity index (χ1) is 2.41. The maximum absolute atomic E-state index is 5.16. The Morgan fingerprint density at radius 2 is 1.80 bits per heavy atom. The molecule has 0 saturated carbocycles. The van der Waals surface area contributed by atoms with Crippen LogP contribution in [-0.2, 0) is 0 Å². The van der Waals surface area contributed by atoms with Crippen molar-refractivity contribution in [2.75, 3.05) is 7.05 Å². The molecule has 0 aliphatic heterocycles. The molecule has 0 rings (SSSR count). The first kappa shape index (κ1) is 9.91. The van der Waals surface area contributed by atoms with E-state index in [-0.39, 0.29) is 16.0 Å². The Labute approximate surface area is 55.8 Å². The van der Waals surface area contributed by atoms with Crippen LogP contribution in [0.1, 0.15) is 0 Å². The van der Waals surface area contributed by atoms with Crippen molar-refractivity contribution in [1.82, 2.24) is 0 Å². The normalized spacial score (nSPS) is 3.20. The van der Waals surface area contributed by atoms with E-state index in [1.807, 2.05) is 0 Å². The minimum atomic E-state index is -0.328. The van der Waals surface area contributed by atoms with E-state index >= 15 is 0 Å². The van der Waals surface area contributed by atoms with Crippen molar-refractivity contribution in [3.05, 3.63) is 0 Å². The number of nitrogens with two attached hydrogens (primary N) is 1. The molecule has 5 heavy (non-hydrogen) atoms. The molecule has 0 aromatic rings. The number of rotatable bonds is 0. The van der Waals surface area contributed by atoms with Gasteiger partial charge in [0, 0.05) is 0 Å². The molecule has 0 saturated heterocycles. The number of halogens is 2. The SMILES string of the molecule is CN.[Cl][Sn+2][I]. The molecule has 4 heteroatoms. The van der Waals surface area contributed by atoms with E-state index in [1.54, 1.807) is 0 Å². The van der Waals surface area contributed by atoms with Gasteiger partial charge >= 0.3 is 43.6 Å². The number of hydrogen-bond acceptors (Lipinski definition) is 1. The third-order valence-electron chi connectivity index (χ3n) is 0. The van der Waals surface area contributed by atoms with Crippen LogP contribution in [0, 0.1) is 0 Å². The van der Waals surface area contributed by atoms with Crippen LogP contribution in [0.3, 0.4) is 0 Å². The summed E-state index contributed by atoms with van der Waals surface area (Å²) in [5.41, 5.74) is 4.50. The van der Waals surface area contributed by atoms with E-state index in [4.69, 9.17) is 8.92 Å². The predicted molar refractivity (Wildman–Crippen MR) is 35.7 cm³/mol. The van der Waals surface area contributed by atoms with Crippen molar-refractivity contribution < 1.29 is 0 Å². The molecule has 0 spiro atoms. The van der Waals surface area contributed by atoms with Gasteiger partial charge in [-0.05, 0) is 7.05 Å². The second-order valence-electron chi connectivity index (χ2n) is 0.0714. The minimum absolute atomic E-state index is 0.328. The van der Waals surface area contributed by atoms with Gasteiger partial charge in [-0.3, -0.25) is 0 Å². The average molecular weight is 312 g/mol. The Morgan fingerprint density at radius 1 is 1.80 bits per heavy atom. The topological polar surface area (TPSA) is 26.0 Å². The fraction of sp³-hybridized carbons (Fsp3) is 1.00. The molecule has 0 unspecified atom stereocenters. The molecule has 0 radical (unpaired) electrons. The van der Waals surface area contributed by atoms with Crippen molar-refractivity contribution in [3.8, 4) is 0 Å². The van der Waals surface area contributed by atoms with E-state index in [0.29, 0.717) is 0 Å². The summed E-state index contributed by atoms with van der Waals surface area (Å²) in [6, 6.07) is 0. The Morgan fingerprint density at radius 3 is 1.80 bits per heavy atom. The van der Waals surface area contributed by atoms with Gasteiger partial charge in [-0.25, -0.2) is 0 Å². The third-order valence-corrected chi connectivity index (χ3v) is 0. The molecule has 0 aliphatic carbocycles. The fourth-order valence-corrected chi connectivity index (χ4v) is 0.